The van der Waals surface area contributed by atoms with Crippen molar-refractivity contribution in [3.8, 4) is 16.9 Å². The van der Waals surface area contributed by atoms with Crippen LogP contribution < -0.4 is 4.74 Å². The van der Waals surface area contributed by atoms with E-state index in [2.05, 4.69) is 13.2 Å². The smallest absolute Gasteiger partial charge is 0.330 e. The van der Waals surface area contributed by atoms with E-state index < -0.39 is 12.3 Å². The van der Waals surface area contributed by atoms with Crippen LogP contribution >= 0.6 is 0 Å². The number of ether oxygens (including phenoxy) is 2. The molecule has 1 N–H and O–H groups in total. The Morgan fingerprint density at radius 3 is 2.13 bits per heavy atom. The van der Waals surface area contributed by atoms with E-state index in [1.165, 1.54) is 6.08 Å². The van der Waals surface area contributed by atoms with Gasteiger partial charge in [0.15, 0.2) is 0 Å². The number of aliphatic hydroxyl groups is 1. The van der Waals surface area contributed by atoms with Crippen molar-refractivity contribution in [3.63, 3.8) is 0 Å². The summed E-state index contributed by atoms with van der Waals surface area (Å²) in [5.74, 6) is 0.125. The molecule has 0 aromatic heterocycles. The third-order valence-corrected chi connectivity index (χ3v) is 3.15. The summed E-state index contributed by atoms with van der Waals surface area (Å²) >= 11 is 0. The van der Waals surface area contributed by atoms with Gasteiger partial charge in [-0.15, -0.1) is 0 Å². The van der Waals surface area contributed by atoms with Crippen LogP contribution in [-0.4, -0.2) is 17.4 Å². The molecule has 0 fully saturated rings. The zero-order valence-corrected chi connectivity index (χ0v) is 12.6. The molecule has 0 aliphatic heterocycles. The van der Waals surface area contributed by atoms with Crippen molar-refractivity contribution in [1.82, 2.24) is 0 Å². The predicted molar refractivity (Wildman–Crippen MR) is 88.7 cm³/mol. The van der Waals surface area contributed by atoms with Gasteiger partial charge in [-0.25, -0.2) is 4.79 Å². The van der Waals surface area contributed by atoms with Crippen LogP contribution in [0.2, 0.25) is 0 Å². The van der Waals surface area contributed by atoms with Gasteiger partial charge in [0, 0.05) is 6.08 Å². The Morgan fingerprint density at radius 1 is 1.04 bits per heavy atom. The summed E-state index contributed by atoms with van der Waals surface area (Å²) in [4.78, 5) is 11.0. The molecule has 0 aliphatic rings. The van der Waals surface area contributed by atoms with Gasteiger partial charge in [-0.2, -0.15) is 0 Å². The van der Waals surface area contributed by atoms with Crippen molar-refractivity contribution < 1.29 is 19.4 Å². The first-order valence-corrected chi connectivity index (χ1v) is 7.08. The fourth-order valence-electron chi connectivity index (χ4n) is 1.92. The fraction of sp³-hybridized carbons (Fsp3) is 0.105. The highest BCUT2D eigenvalue weighted by Crippen LogP contribution is 2.23. The van der Waals surface area contributed by atoms with E-state index in [-0.39, 0.29) is 6.61 Å². The minimum absolute atomic E-state index is 0.220. The van der Waals surface area contributed by atoms with Gasteiger partial charge in [-0.3, -0.25) is 0 Å². The maximum Gasteiger partial charge on any atom is 0.330 e. The molecule has 1 atom stereocenters. The van der Waals surface area contributed by atoms with E-state index in [1.807, 2.05) is 36.4 Å². The molecule has 0 amide bonds. The highest BCUT2D eigenvalue weighted by atomic mass is 16.6. The highest BCUT2D eigenvalue weighted by molar-refractivity contribution is 5.81. The van der Waals surface area contributed by atoms with Crippen molar-refractivity contribution in [2.24, 2.45) is 0 Å². The van der Waals surface area contributed by atoms with E-state index in [0.717, 1.165) is 22.8 Å². The lowest BCUT2D eigenvalue weighted by Gasteiger charge is -2.10. The summed E-state index contributed by atoms with van der Waals surface area (Å²) in [6, 6.07) is 15.1. The van der Waals surface area contributed by atoms with Crippen molar-refractivity contribution in [2.75, 3.05) is 0 Å². The molecule has 2 aromatic rings. The monoisotopic (exact) mass is 310 g/mol. The molecule has 0 heterocycles. The summed E-state index contributed by atoms with van der Waals surface area (Å²) in [6.45, 7) is 7.02. The Hall–Kier alpha value is -2.85. The Labute approximate surface area is 135 Å². The molecule has 118 valence electrons. The van der Waals surface area contributed by atoms with E-state index in [4.69, 9.17) is 9.47 Å². The van der Waals surface area contributed by atoms with Crippen molar-refractivity contribution in [3.05, 3.63) is 79.4 Å². The molecule has 0 spiro atoms. The summed E-state index contributed by atoms with van der Waals surface area (Å²) in [5, 5.41) is 9.35. The average molecular weight is 310 g/mol. The van der Waals surface area contributed by atoms with Gasteiger partial charge in [0.2, 0.25) is 6.29 Å². The third kappa shape index (κ3) is 4.83. The zero-order chi connectivity index (χ0) is 16.7. The van der Waals surface area contributed by atoms with Crippen LogP contribution in [0.4, 0.5) is 0 Å². The van der Waals surface area contributed by atoms with Crippen molar-refractivity contribution >= 4 is 5.97 Å². The first-order chi connectivity index (χ1) is 11.1. The van der Waals surface area contributed by atoms with Gasteiger partial charge in [0.1, 0.15) is 12.4 Å². The Balaban J connectivity index is 2.02. The highest BCUT2D eigenvalue weighted by Gasteiger charge is 2.03. The largest absolute Gasteiger partial charge is 0.461 e. The maximum atomic E-state index is 11.0. The zero-order valence-electron chi connectivity index (χ0n) is 12.6. The molecule has 0 bridgehead atoms. The van der Waals surface area contributed by atoms with Gasteiger partial charge in [0.05, 0.1) is 0 Å². The molecule has 0 aliphatic carbocycles. The molecular weight excluding hydrogens is 292 g/mol. The number of hydrogen-bond acceptors (Lipinski definition) is 4. The standard InChI is InChI=1S/C19H18O4/c1-3-18(20)22-13-14-5-7-15(8-6-14)16-9-11-17(12-10-16)23-19(21)4-2/h3-12,19,21H,1-2,13H2. The number of rotatable bonds is 7. The lowest BCUT2D eigenvalue weighted by molar-refractivity contribution is -0.138. The molecular formula is C19H18O4. The lowest BCUT2D eigenvalue weighted by Crippen LogP contribution is -2.10. The van der Waals surface area contributed by atoms with Crippen LogP contribution in [0.15, 0.2) is 73.8 Å². The normalized spacial score (nSPS) is 11.3. The van der Waals surface area contributed by atoms with E-state index in [9.17, 15) is 9.90 Å². The Kier molecular flexibility index (Phi) is 5.72. The molecule has 2 rings (SSSR count). The quantitative estimate of drug-likeness (QED) is 0.368. The van der Waals surface area contributed by atoms with Crippen LogP contribution in [0.3, 0.4) is 0 Å². The average Bonchev–Trinajstić information content (AvgIpc) is 2.60. The van der Waals surface area contributed by atoms with Crippen molar-refractivity contribution in [1.29, 1.82) is 0 Å². The molecule has 0 saturated heterocycles. The number of carbonyl (C=O) groups excluding carboxylic acids is 1. The fourth-order valence-corrected chi connectivity index (χ4v) is 1.92. The SMILES string of the molecule is C=CC(=O)OCc1ccc(-c2ccc(OC(O)C=C)cc2)cc1. The van der Waals surface area contributed by atoms with Crippen LogP contribution in [0.1, 0.15) is 5.56 Å². The molecule has 0 saturated carbocycles. The minimum atomic E-state index is -1.02. The number of benzene rings is 2. The first-order valence-electron chi connectivity index (χ1n) is 7.08. The second-order valence-electron chi connectivity index (χ2n) is 4.78. The number of carbonyl (C=O) groups is 1. The molecule has 0 radical (unpaired) electrons. The lowest BCUT2D eigenvalue weighted by atomic mass is 10.0. The van der Waals surface area contributed by atoms with Gasteiger partial charge < -0.3 is 14.6 Å². The first kappa shape index (κ1) is 16.5. The van der Waals surface area contributed by atoms with Crippen LogP contribution in [0.25, 0.3) is 11.1 Å². The number of esters is 1. The van der Waals surface area contributed by atoms with Gasteiger partial charge >= 0.3 is 5.97 Å². The molecule has 4 heteroatoms. The van der Waals surface area contributed by atoms with Gasteiger partial charge in [0.25, 0.3) is 0 Å². The molecule has 4 nitrogen and oxygen atoms in total. The Bertz CT molecular complexity index is 672. The van der Waals surface area contributed by atoms with Crippen LogP contribution in [-0.2, 0) is 16.1 Å². The summed E-state index contributed by atoms with van der Waals surface area (Å²) in [6.07, 6.45) is 1.44. The number of aliphatic hydroxyl groups excluding tert-OH is 1. The molecule has 2 aromatic carbocycles. The second-order valence-corrected chi connectivity index (χ2v) is 4.78. The Morgan fingerprint density at radius 2 is 1.61 bits per heavy atom. The predicted octanol–water partition coefficient (Wildman–Crippen LogP) is 3.47. The third-order valence-electron chi connectivity index (χ3n) is 3.15. The van der Waals surface area contributed by atoms with E-state index in [1.54, 1.807) is 12.1 Å². The maximum absolute atomic E-state index is 11.0. The van der Waals surface area contributed by atoms with Gasteiger partial charge in [-0.1, -0.05) is 49.6 Å². The number of hydrogen-bond donors (Lipinski definition) is 1. The summed E-state index contributed by atoms with van der Waals surface area (Å²) in [5.41, 5.74) is 2.94. The van der Waals surface area contributed by atoms with Crippen LogP contribution in [0.5, 0.6) is 5.75 Å². The summed E-state index contributed by atoms with van der Waals surface area (Å²) < 4.78 is 10.2. The topological polar surface area (TPSA) is 55.8 Å². The molecule has 1 unspecified atom stereocenters. The van der Waals surface area contributed by atoms with Gasteiger partial charge in [-0.05, 0) is 34.9 Å². The minimum Gasteiger partial charge on any atom is -0.461 e. The molecule has 23 heavy (non-hydrogen) atoms. The van der Waals surface area contributed by atoms with Crippen LogP contribution in [0, 0.1) is 0 Å². The van der Waals surface area contributed by atoms with E-state index in [0.29, 0.717) is 5.75 Å². The van der Waals surface area contributed by atoms with E-state index >= 15 is 0 Å². The van der Waals surface area contributed by atoms with Crippen molar-refractivity contribution in [2.45, 2.75) is 12.9 Å². The second kappa shape index (κ2) is 7.96. The summed E-state index contributed by atoms with van der Waals surface area (Å²) in [7, 11) is 0.